The number of piperidine rings is 1. The van der Waals surface area contributed by atoms with Crippen LogP contribution in [0.5, 0.6) is 0 Å². The first kappa shape index (κ1) is 23.0. The van der Waals surface area contributed by atoms with Crippen molar-refractivity contribution in [2.75, 3.05) is 25.0 Å². The van der Waals surface area contributed by atoms with E-state index in [0.717, 1.165) is 29.8 Å². The predicted molar refractivity (Wildman–Crippen MR) is 125 cm³/mol. The van der Waals surface area contributed by atoms with Crippen LogP contribution in [0.3, 0.4) is 0 Å². The number of amides is 3. The number of nitrogens with zero attached hydrogens (tertiary/aromatic N) is 4. The first-order valence-electron chi connectivity index (χ1n) is 11.8. The zero-order chi connectivity index (χ0) is 23.5. The molecule has 0 saturated carbocycles. The maximum Gasteiger partial charge on any atom is 0.274 e. The Balaban J connectivity index is 1.47. The van der Waals surface area contributed by atoms with Crippen LogP contribution in [0.25, 0.3) is 0 Å². The summed E-state index contributed by atoms with van der Waals surface area (Å²) in [5, 5.41) is 7.50. The monoisotopic (exact) mass is 451 g/mol. The van der Waals surface area contributed by atoms with Gasteiger partial charge in [0.25, 0.3) is 5.91 Å². The van der Waals surface area contributed by atoms with Crippen molar-refractivity contribution in [2.24, 2.45) is 18.9 Å². The van der Waals surface area contributed by atoms with Gasteiger partial charge in [0.1, 0.15) is 0 Å². The van der Waals surface area contributed by atoms with E-state index < -0.39 is 0 Å². The van der Waals surface area contributed by atoms with Crippen molar-refractivity contribution in [3.05, 3.63) is 47.3 Å². The van der Waals surface area contributed by atoms with Crippen molar-refractivity contribution in [1.82, 2.24) is 19.6 Å². The van der Waals surface area contributed by atoms with Crippen molar-refractivity contribution in [3.63, 3.8) is 0 Å². The Labute approximate surface area is 194 Å². The Hall–Kier alpha value is -3.16. The van der Waals surface area contributed by atoms with E-state index in [4.69, 9.17) is 0 Å². The molecule has 3 amide bonds. The molecule has 1 aromatic heterocycles. The van der Waals surface area contributed by atoms with Crippen LogP contribution in [0.4, 0.5) is 5.69 Å². The number of para-hydroxylation sites is 1. The summed E-state index contributed by atoms with van der Waals surface area (Å²) in [6, 6.07) is 9.38. The smallest absolute Gasteiger partial charge is 0.274 e. The summed E-state index contributed by atoms with van der Waals surface area (Å²) >= 11 is 0. The Kier molecular flexibility index (Phi) is 6.81. The molecule has 2 aliphatic heterocycles. The molecule has 1 fully saturated rings. The fraction of sp³-hybridized carbons (Fsp3) is 0.520. The molecule has 0 bridgehead atoms. The minimum atomic E-state index is -0.258. The number of likely N-dealkylation sites (tertiary alicyclic amines) is 1. The van der Waals surface area contributed by atoms with Crippen LogP contribution in [0.15, 0.2) is 30.3 Å². The molecule has 0 aliphatic carbocycles. The third kappa shape index (κ3) is 5.10. The van der Waals surface area contributed by atoms with E-state index in [9.17, 15) is 14.4 Å². The third-order valence-corrected chi connectivity index (χ3v) is 6.50. The Morgan fingerprint density at radius 3 is 2.61 bits per heavy atom. The molecule has 1 aromatic carbocycles. The van der Waals surface area contributed by atoms with Gasteiger partial charge in [0.15, 0.2) is 5.69 Å². The summed E-state index contributed by atoms with van der Waals surface area (Å²) in [6.45, 7) is 6.12. The summed E-state index contributed by atoms with van der Waals surface area (Å²) in [7, 11) is 1.85. The second kappa shape index (κ2) is 9.77. The van der Waals surface area contributed by atoms with E-state index >= 15 is 0 Å². The summed E-state index contributed by atoms with van der Waals surface area (Å²) in [4.78, 5) is 42.5. The van der Waals surface area contributed by atoms with Gasteiger partial charge in [-0.2, -0.15) is 5.10 Å². The standard InChI is InChI=1S/C25H33N5O3/c1-17(2)14-22(31)29-13-11-21-20(16-29)23(27-28(21)3)25(33)30-12-7-8-18(15-30)24(32)26-19-9-5-4-6-10-19/h4-6,9-10,17-18H,7-8,11-16H2,1-3H3,(H,26,32). The van der Waals surface area contributed by atoms with Gasteiger partial charge in [0.05, 0.1) is 5.92 Å². The molecular formula is C25H33N5O3. The highest BCUT2D eigenvalue weighted by Gasteiger charge is 2.34. The molecule has 2 aliphatic rings. The first-order valence-corrected chi connectivity index (χ1v) is 11.8. The second-order valence-electron chi connectivity index (χ2n) is 9.51. The fourth-order valence-electron chi connectivity index (χ4n) is 4.75. The SMILES string of the molecule is CC(C)CC(=O)N1CCc2c(c(C(=O)N3CCCC(C(=O)Nc4ccccc4)C3)nn2C)C1. The number of nitrogens with one attached hydrogen (secondary N) is 1. The molecule has 3 heterocycles. The predicted octanol–water partition coefficient (Wildman–Crippen LogP) is 2.84. The van der Waals surface area contributed by atoms with Crippen LogP contribution in [-0.4, -0.2) is 56.9 Å². The number of carbonyl (C=O) groups is 3. The molecule has 0 radical (unpaired) electrons. The lowest BCUT2D eigenvalue weighted by Crippen LogP contribution is -2.44. The average Bonchev–Trinajstić information content (AvgIpc) is 3.14. The second-order valence-corrected chi connectivity index (χ2v) is 9.51. The molecule has 1 saturated heterocycles. The lowest BCUT2D eigenvalue weighted by Gasteiger charge is -2.32. The number of anilines is 1. The quantitative estimate of drug-likeness (QED) is 0.757. The number of aromatic nitrogens is 2. The average molecular weight is 452 g/mol. The number of hydrogen-bond donors (Lipinski definition) is 1. The number of aryl methyl sites for hydroxylation is 1. The van der Waals surface area contributed by atoms with Crippen LogP contribution < -0.4 is 5.32 Å². The lowest BCUT2D eigenvalue weighted by molar-refractivity contribution is -0.133. The van der Waals surface area contributed by atoms with Crippen molar-refractivity contribution in [3.8, 4) is 0 Å². The molecule has 4 rings (SSSR count). The Morgan fingerprint density at radius 2 is 1.88 bits per heavy atom. The van der Waals surface area contributed by atoms with Gasteiger partial charge in [-0.25, -0.2) is 0 Å². The van der Waals surface area contributed by atoms with Crippen LogP contribution in [0.1, 0.15) is 54.9 Å². The van der Waals surface area contributed by atoms with Gasteiger partial charge in [-0.3, -0.25) is 19.1 Å². The van der Waals surface area contributed by atoms with E-state index in [2.05, 4.69) is 10.4 Å². The minimum absolute atomic E-state index is 0.0628. The zero-order valence-corrected chi connectivity index (χ0v) is 19.7. The van der Waals surface area contributed by atoms with Crippen LogP contribution in [0.2, 0.25) is 0 Å². The highest BCUT2D eigenvalue weighted by Crippen LogP contribution is 2.26. The van der Waals surface area contributed by atoms with Crippen LogP contribution in [-0.2, 0) is 29.6 Å². The van der Waals surface area contributed by atoms with Crippen LogP contribution >= 0.6 is 0 Å². The molecule has 0 spiro atoms. The van der Waals surface area contributed by atoms with Gasteiger partial charge in [-0.1, -0.05) is 32.0 Å². The molecule has 33 heavy (non-hydrogen) atoms. The molecule has 1 unspecified atom stereocenters. The highest BCUT2D eigenvalue weighted by atomic mass is 16.2. The molecule has 8 heteroatoms. The van der Waals surface area contributed by atoms with Gasteiger partial charge in [-0.05, 0) is 30.9 Å². The van der Waals surface area contributed by atoms with Gasteiger partial charge in [-0.15, -0.1) is 0 Å². The van der Waals surface area contributed by atoms with E-state index in [-0.39, 0.29) is 23.6 Å². The van der Waals surface area contributed by atoms with Crippen molar-refractivity contribution >= 4 is 23.4 Å². The fourth-order valence-corrected chi connectivity index (χ4v) is 4.75. The van der Waals surface area contributed by atoms with E-state index in [1.54, 1.807) is 9.58 Å². The zero-order valence-electron chi connectivity index (χ0n) is 19.7. The summed E-state index contributed by atoms with van der Waals surface area (Å²) in [5.41, 5.74) is 3.04. The normalized spacial score (nSPS) is 18.2. The molecule has 1 N–H and O–H groups in total. The third-order valence-electron chi connectivity index (χ3n) is 6.50. The van der Waals surface area contributed by atoms with E-state index in [1.807, 2.05) is 56.1 Å². The number of rotatable bonds is 5. The van der Waals surface area contributed by atoms with Gasteiger partial charge >= 0.3 is 0 Å². The minimum Gasteiger partial charge on any atom is -0.338 e. The van der Waals surface area contributed by atoms with Crippen molar-refractivity contribution in [2.45, 2.75) is 46.1 Å². The molecule has 176 valence electrons. The summed E-state index contributed by atoms with van der Waals surface area (Å²) in [5.74, 6) is -0.0595. The number of benzene rings is 1. The van der Waals surface area contributed by atoms with E-state index in [1.165, 1.54) is 0 Å². The maximum absolute atomic E-state index is 13.5. The molecule has 2 aromatic rings. The number of carbonyl (C=O) groups excluding carboxylic acids is 3. The highest BCUT2D eigenvalue weighted by molar-refractivity contribution is 5.96. The maximum atomic E-state index is 13.5. The summed E-state index contributed by atoms with van der Waals surface area (Å²) in [6.07, 6.45) is 2.72. The molecule has 8 nitrogen and oxygen atoms in total. The molecular weight excluding hydrogens is 418 g/mol. The Bertz CT molecular complexity index is 1030. The van der Waals surface area contributed by atoms with Crippen LogP contribution in [0, 0.1) is 11.8 Å². The lowest BCUT2D eigenvalue weighted by atomic mass is 9.96. The van der Waals surface area contributed by atoms with Gasteiger partial charge in [0, 0.05) is 63.0 Å². The first-order chi connectivity index (χ1) is 15.8. The molecule has 1 atom stereocenters. The topological polar surface area (TPSA) is 87.5 Å². The van der Waals surface area contributed by atoms with Crippen molar-refractivity contribution in [1.29, 1.82) is 0 Å². The van der Waals surface area contributed by atoms with Gasteiger partial charge < -0.3 is 15.1 Å². The number of fused-ring (bicyclic) bond motifs is 1. The van der Waals surface area contributed by atoms with E-state index in [0.29, 0.717) is 50.6 Å². The summed E-state index contributed by atoms with van der Waals surface area (Å²) < 4.78 is 1.77. The Morgan fingerprint density at radius 1 is 1.12 bits per heavy atom. The number of hydrogen-bond acceptors (Lipinski definition) is 4. The van der Waals surface area contributed by atoms with Gasteiger partial charge in [0.2, 0.25) is 11.8 Å². The largest absolute Gasteiger partial charge is 0.338 e. The van der Waals surface area contributed by atoms with Crippen molar-refractivity contribution < 1.29 is 14.4 Å².